The summed E-state index contributed by atoms with van der Waals surface area (Å²) in [6.45, 7) is 0. The van der Waals surface area contributed by atoms with E-state index in [9.17, 15) is 31.1 Å². The first-order valence-electron chi connectivity index (χ1n) is 7.80. The van der Waals surface area contributed by atoms with Crippen molar-refractivity contribution in [2.45, 2.75) is 12.4 Å². The van der Waals surface area contributed by atoms with Gasteiger partial charge in [-0.2, -0.15) is 26.3 Å². The molecule has 158 valence electrons. The summed E-state index contributed by atoms with van der Waals surface area (Å²) in [4.78, 5) is 12.5. The average molecular weight is 495 g/mol. The van der Waals surface area contributed by atoms with Crippen LogP contribution in [0, 0.1) is 0 Å². The lowest BCUT2D eigenvalue weighted by atomic mass is 10.1. The van der Waals surface area contributed by atoms with E-state index in [0.29, 0.717) is 22.6 Å². The second-order valence-electron chi connectivity index (χ2n) is 5.85. The van der Waals surface area contributed by atoms with Crippen molar-refractivity contribution in [2.24, 2.45) is 5.73 Å². The van der Waals surface area contributed by atoms with Crippen LogP contribution in [0.2, 0.25) is 0 Å². The molecule has 0 saturated carbocycles. The predicted octanol–water partition coefficient (Wildman–Crippen LogP) is 4.88. The first-order chi connectivity index (χ1) is 13.9. The molecule has 7 nitrogen and oxygen atoms in total. The summed E-state index contributed by atoms with van der Waals surface area (Å²) in [6, 6.07) is 3.54. The van der Waals surface area contributed by atoms with Gasteiger partial charge in [-0.25, -0.2) is 9.89 Å². The highest BCUT2D eigenvalue weighted by atomic mass is 79.9. The molecule has 0 aliphatic carbocycles. The van der Waals surface area contributed by atoms with Crippen LogP contribution < -0.4 is 10.6 Å². The number of rotatable bonds is 3. The van der Waals surface area contributed by atoms with E-state index in [2.05, 4.69) is 36.6 Å². The molecule has 2 aromatic carbocycles. The summed E-state index contributed by atoms with van der Waals surface area (Å²) >= 11 is 3.14. The Bertz CT molecular complexity index is 1050. The lowest BCUT2D eigenvalue weighted by molar-refractivity contribution is -0.143. The molecule has 14 heteroatoms. The van der Waals surface area contributed by atoms with E-state index in [4.69, 9.17) is 5.73 Å². The first-order valence-corrected chi connectivity index (χ1v) is 8.60. The molecule has 0 radical (unpaired) electrons. The first kappa shape index (κ1) is 21.5. The number of urea groups is 1. The minimum atomic E-state index is -5.08. The molecule has 3 N–H and O–H groups in total. The molecular formula is C16H9BrF6N6O. The summed E-state index contributed by atoms with van der Waals surface area (Å²) < 4.78 is 79.1. The molecule has 2 amide bonds. The molecule has 0 aliphatic rings. The summed E-state index contributed by atoms with van der Waals surface area (Å²) in [5, 5.41) is 12.9. The number of anilines is 2. The van der Waals surface area contributed by atoms with E-state index in [1.807, 2.05) is 0 Å². The number of hydrogen-bond donors (Lipinski definition) is 2. The van der Waals surface area contributed by atoms with Gasteiger partial charge in [0.1, 0.15) is 0 Å². The molecule has 0 saturated heterocycles. The van der Waals surface area contributed by atoms with Gasteiger partial charge in [-0.1, -0.05) is 0 Å². The van der Waals surface area contributed by atoms with Crippen molar-refractivity contribution in [3.63, 3.8) is 0 Å². The van der Waals surface area contributed by atoms with Gasteiger partial charge in [-0.05, 0) is 62.8 Å². The molecule has 0 unspecified atom stereocenters. The molecule has 0 atom stereocenters. The number of hydrogen-bond acceptors (Lipinski definition) is 4. The van der Waals surface area contributed by atoms with Crippen molar-refractivity contribution in [1.29, 1.82) is 0 Å². The maximum Gasteiger partial charge on any atom is 0.416 e. The predicted molar refractivity (Wildman–Crippen MR) is 95.5 cm³/mol. The quantitative estimate of drug-likeness (QED) is 0.506. The van der Waals surface area contributed by atoms with Crippen LogP contribution in [0.1, 0.15) is 11.1 Å². The lowest BCUT2D eigenvalue weighted by Gasteiger charge is -2.24. The van der Waals surface area contributed by atoms with Gasteiger partial charge < -0.3 is 5.73 Å². The van der Waals surface area contributed by atoms with Gasteiger partial charge in [0, 0.05) is 10.0 Å². The maximum atomic E-state index is 13.2. The third-order valence-corrected chi connectivity index (χ3v) is 4.49. The van der Waals surface area contributed by atoms with E-state index in [0.717, 1.165) is 0 Å². The number of amides is 2. The van der Waals surface area contributed by atoms with Crippen LogP contribution in [-0.4, -0.2) is 26.7 Å². The molecule has 0 fully saturated rings. The maximum absolute atomic E-state index is 13.2. The Morgan fingerprint density at radius 2 is 1.60 bits per heavy atom. The number of H-pyrrole nitrogens is 1. The Labute approximate surface area is 172 Å². The number of nitrogens with two attached hydrogens (primary N) is 1. The standard InChI is InChI=1S/C16H9BrF6N6O/c17-11-3-7(13-25-27-28-26-13)1-2-12(11)29(14(24)30)10-5-8(15(18,19)20)4-9(6-10)16(21,22)23/h1-6H,(H2,24,30)(H,25,26,27,28). The zero-order valence-electron chi connectivity index (χ0n) is 14.4. The SMILES string of the molecule is NC(=O)N(c1cc(C(F)(F)F)cc(C(F)(F)F)c1)c1ccc(-c2nnn[nH]2)cc1Br. The third kappa shape index (κ3) is 4.37. The third-order valence-electron chi connectivity index (χ3n) is 3.86. The summed E-state index contributed by atoms with van der Waals surface area (Å²) in [7, 11) is 0. The van der Waals surface area contributed by atoms with E-state index in [1.54, 1.807) is 0 Å². The molecule has 3 rings (SSSR count). The number of alkyl halides is 6. The van der Waals surface area contributed by atoms with Crippen LogP contribution in [0.5, 0.6) is 0 Å². The largest absolute Gasteiger partial charge is 0.416 e. The fraction of sp³-hybridized carbons (Fsp3) is 0.125. The number of primary amides is 1. The molecule has 30 heavy (non-hydrogen) atoms. The highest BCUT2D eigenvalue weighted by Crippen LogP contribution is 2.41. The summed E-state index contributed by atoms with van der Waals surface area (Å²) in [6.07, 6.45) is -10.2. The van der Waals surface area contributed by atoms with Gasteiger partial charge in [-0.15, -0.1) is 5.10 Å². The highest BCUT2D eigenvalue weighted by molar-refractivity contribution is 9.10. The number of tetrazole rings is 1. The minimum Gasteiger partial charge on any atom is -0.351 e. The Kier molecular flexibility index (Phi) is 5.45. The van der Waals surface area contributed by atoms with Crippen molar-refractivity contribution in [3.8, 4) is 11.4 Å². The van der Waals surface area contributed by atoms with Gasteiger partial charge in [0.25, 0.3) is 0 Å². The molecule has 0 spiro atoms. The number of halogens is 7. The zero-order chi connectivity index (χ0) is 22.3. The average Bonchev–Trinajstić information content (AvgIpc) is 3.16. The smallest absolute Gasteiger partial charge is 0.351 e. The number of carbonyl (C=O) groups is 1. The summed E-state index contributed by atoms with van der Waals surface area (Å²) in [5.41, 5.74) is 1.75. The van der Waals surface area contributed by atoms with Crippen molar-refractivity contribution >= 4 is 33.3 Å². The van der Waals surface area contributed by atoms with Gasteiger partial charge >= 0.3 is 18.4 Å². The Hall–Kier alpha value is -3.16. The molecular weight excluding hydrogens is 486 g/mol. The molecule has 3 aromatic rings. The second kappa shape index (κ2) is 7.59. The molecule has 1 heterocycles. The molecule has 1 aromatic heterocycles. The Morgan fingerprint density at radius 1 is 1.00 bits per heavy atom. The van der Waals surface area contributed by atoms with Crippen LogP contribution in [-0.2, 0) is 12.4 Å². The summed E-state index contributed by atoms with van der Waals surface area (Å²) in [5.74, 6) is 0.242. The number of benzene rings is 2. The van der Waals surface area contributed by atoms with Crippen LogP contribution in [0.4, 0.5) is 42.5 Å². The van der Waals surface area contributed by atoms with Gasteiger partial charge in [0.05, 0.1) is 22.5 Å². The zero-order valence-corrected chi connectivity index (χ0v) is 16.0. The van der Waals surface area contributed by atoms with E-state index < -0.39 is 35.2 Å². The normalized spacial score (nSPS) is 12.1. The number of aromatic amines is 1. The van der Waals surface area contributed by atoms with Crippen molar-refractivity contribution in [1.82, 2.24) is 20.6 Å². The molecule has 0 bridgehead atoms. The number of nitrogens with one attached hydrogen (secondary N) is 1. The van der Waals surface area contributed by atoms with Crippen LogP contribution in [0.15, 0.2) is 40.9 Å². The van der Waals surface area contributed by atoms with Crippen molar-refractivity contribution in [3.05, 3.63) is 52.0 Å². The van der Waals surface area contributed by atoms with Crippen LogP contribution in [0.25, 0.3) is 11.4 Å². The lowest BCUT2D eigenvalue weighted by Crippen LogP contribution is -2.32. The van der Waals surface area contributed by atoms with Crippen molar-refractivity contribution in [2.75, 3.05) is 4.90 Å². The number of aromatic nitrogens is 4. The van der Waals surface area contributed by atoms with Crippen molar-refractivity contribution < 1.29 is 31.1 Å². The monoisotopic (exact) mass is 494 g/mol. The van der Waals surface area contributed by atoms with Crippen LogP contribution in [0.3, 0.4) is 0 Å². The number of nitrogens with zero attached hydrogens (tertiary/aromatic N) is 4. The topological polar surface area (TPSA) is 101 Å². The van der Waals surface area contributed by atoms with Crippen LogP contribution >= 0.6 is 15.9 Å². The van der Waals surface area contributed by atoms with E-state index in [-0.39, 0.29) is 22.1 Å². The number of carbonyl (C=O) groups excluding carboxylic acids is 1. The highest BCUT2D eigenvalue weighted by Gasteiger charge is 2.38. The minimum absolute atomic E-state index is 0.0439. The Morgan fingerprint density at radius 3 is 2.03 bits per heavy atom. The molecule has 0 aliphatic heterocycles. The van der Waals surface area contributed by atoms with E-state index in [1.165, 1.54) is 18.2 Å². The van der Waals surface area contributed by atoms with Gasteiger partial charge in [0.2, 0.25) is 0 Å². The van der Waals surface area contributed by atoms with E-state index >= 15 is 0 Å². The Balaban J connectivity index is 2.17. The van der Waals surface area contributed by atoms with Gasteiger partial charge in [0.15, 0.2) is 5.82 Å². The van der Waals surface area contributed by atoms with Gasteiger partial charge in [-0.3, -0.25) is 4.90 Å². The fourth-order valence-corrected chi connectivity index (χ4v) is 3.13. The fourth-order valence-electron chi connectivity index (χ4n) is 2.57. The second-order valence-corrected chi connectivity index (χ2v) is 6.71.